The molecular weight excluding hydrogens is 178 g/mol. The van der Waals surface area contributed by atoms with Crippen LogP contribution in [0.1, 0.15) is 34.1 Å². The Morgan fingerprint density at radius 3 is 2.46 bits per heavy atom. The second-order valence-electron chi connectivity index (χ2n) is 3.14. The molecule has 1 unspecified atom stereocenters. The first-order valence-corrected chi connectivity index (χ1v) is 5.97. The molecule has 0 heterocycles. The van der Waals surface area contributed by atoms with Crippen molar-refractivity contribution in [1.82, 2.24) is 4.72 Å². The zero-order valence-electron chi connectivity index (χ0n) is 9.35. The van der Waals surface area contributed by atoms with E-state index < -0.39 is 0 Å². The van der Waals surface area contributed by atoms with Crippen molar-refractivity contribution >= 4 is 11.9 Å². The van der Waals surface area contributed by atoms with Crippen LogP contribution in [0.3, 0.4) is 0 Å². The van der Waals surface area contributed by atoms with Gasteiger partial charge in [0.1, 0.15) is 0 Å². The molecule has 0 fully saturated rings. The molecule has 0 amide bonds. The lowest BCUT2D eigenvalue weighted by atomic mass is 10.0. The van der Waals surface area contributed by atoms with Gasteiger partial charge in [0, 0.05) is 0 Å². The maximum atomic E-state index is 3.37. The summed E-state index contributed by atoms with van der Waals surface area (Å²) in [6, 6.07) is 0.389. The van der Waals surface area contributed by atoms with Crippen LogP contribution in [0.2, 0.25) is 0 Å². The maximum absolute atomic E-state index is 3.37. The van der Waals surface area contributed by atoms with Crippen LogP contribution in [0.5, 0.6) is 0 Å². The normalized spacial score (nSPS) is 16.1. The zero-order chi connectivity index (χ0) is 10.3. The van der Waals surface area contributed by atoms with Crippen LogP contribution in [0.15, 0.2) is 23.3 Å². The monoisotopic (exact) mass is 199 g/mol. The molecule has 0 spiro atoms. The highest BCUT2D eigenvalue weighted by molar-refractivity contribution is 7.96. The van der Waals surface area contributed by atoms with Gasteiger partial charge in [0.2, 0.25) is 0 Å². The average Bonchev–Trinajstić information content (AvgIpc) is 2.15. The molecule has 0 bridgehead atoms. The molecule has 1 atom stereocenters. The Kier molecular flexibility index (Phi) is 7.10. The van der Waals surface area contributed by atoms with Crippen LogP contribution in [0, 0.1) is 0 Å². The quantitative estimate of drug-likeness (QED) is 0.537. The number of allylic oxidation sites excluding steroid dienone is 2. The summed E-state index contributed by atoms with van der Waals surface area (Å²) in [5.41, 5.74) is 2.92. The number of nitrogens with one attached hydrogen (secondary N) is 1. The Morgan fingerprint density at radius 2 is 2.08 bits per heavy atom. The highest BCUT2D eigenvalue weighted by Crippen LogP contribution is 2.14. The lowest BCUT2D eigenvalue weighted by Gasteiger charge is -2.16. The van der Waals surface area contributed by atoms with E-state index in [4.69, 9.17) is 0 Å². The largest absolute Gasteiger partial charge is 0.253 e. The van der Waals surface area contributed by atoms with E-state index in [1.54, 1.807) is 11.9 Å². The van der Waals surface area contributed by atoms with Crippen molar-refractivity contribution in [3.63, 3.8) is 0 Å². The average molecular weight is 199 g/mol. The molecule has 0 aliphatic carbocycles. The van der Waals surface area contributed by atoms with Crippen LogP contribution in [-0.2, 0) is 0 Å². The summed E-state index contributed by atoms with van der Waals surface area (Å²) < 4.78 is 3.37. The van der Waals surface area contributed by atoms with Crippen molar-refractivity contribution in [3.8, 4) is 0 Å². The molecule has 1 nitrogen and oxygen atoms in total. The molecule has 0 rings (SSSR count). The van der Waals surface area contributed by atoms with E-state index in [0.29, 0.717) is 6.04 Å². The molecule has 0 saturated heterocycles. The van der Waals surface area contributed by atoms with E-state index in [1.165, 1.54) is 11.1 Å². The predicted octanol–water partition coefficient (Wildman–Crippen LogP) is 3.55. The van der Waals surface area contributed by atoms with Crippen LogP contribution in [0.4, 0.5) is 0 Å². The first kappa shape index (κ1) is 12.8. The first-order chi connectivity index (χ1) is 6.17. The highest BCUT2D eigenvalue weighted by atomic mass is 32.2. The van der Waals surface area contributed by atoms with E-state index in [1.807, 2.05) is 0 Å². The minimum absolute atomic E-state index is 0.389. The standard InChI is InChI=1S/C11H21NS/c1-6-8-11(12-13-5)10(4)9(3)7-2/h6,8,11-12H,7H2,1-5H3. The minimum atomic E-state index is 0.389. The molecule has 0 aromatic heterocycles. The third-order valence-electron chi connectivity index (χ3n) is 2.30. The van der Waals surface area contributed by atoms with Gasteiger partial charge in [-0.25, -0.2) is 0 Å². The summed E-state index contributed by atoms with van der Waals surface area (Å²) in [5.74, 6) is 0. The van der Waals surface area contributed by atoms with E-state index in [0.717, 1.165) is 6.42 Å². The van der Waals surface area contributed by atoms with Crippen molar-refractivity contribution in [1.29, 1.82) is 0 Å². The van der Waals surface area contributed by atoms with Crippen molar-refractivity contribution < 1.29 is 0 Å². The summed E-state index contributed by atoms with van der Waals surface area (Å²) in [4.78, 5) is 0. The Labute approximate surface area is 86.8 Å². The smallest absolute Gasteiger partial charge is 0.0561 e. The van der Waals surface area contributed by atoms with Crippen molar-refractivity contribution in [3.05, 3.63) is 23.3 Å². The molecule has 0 aliphatic rings. The fourth-order valence-electron chi connectivity index (χ4n) is 1.14. The molecule has 1 N–H and O–H groups in total. The highest BCUT2D eigenvalue weighted by Gasteiger charge is 2.06. The summed E-state index contributed by atoms with van der Waals surface area (Å²) >= 11 is 1.67. The topological polar surface area (TPSA) is 12.0 Å². The minimum Gasteiger partial charge on any atom is -0.253 e. The second kappa shape index (κ2) is 7.22. The van der Waals surface area contributed by atoms with Crippen LogP contribution >= 0.6 is 11.9 Å². The predicted molar refractivity (Wildman–Crippen MR) is 63.9 cm³/mol. The number of rotatable bonds is 5. The molecule has 0 aromatic rings. The third-order valence-corrected chi connectivity index (χ3v) is 2.79. The SMILES string of the molecule is CC=CC(NSC)C(C)=C(C)CC. The Balaban J connectivity index is 4.53. The van der Waals surface area contributed by atoms with E-state index in [9.17, 15) is 0 Å². The Morgan fingerprint density at radius 1 is 1.46 bits per heavy atom. The zero-order valence-corrected chi connectivity index (χ0v) is 10.2. The molecule has 13 heavy (non-hydrogen) atoms. The molecule has 2 heteroatoms. The van der Waals surface area contributed by atoms with Gasteiger partial charge in [-0.1, -0.05) is 42.2 Å². The fourth-order valence-corrected chi connectivity index (χ4v) is 1.65. The van der Waals surface area contributed by atoms with Gasteiger partial charge in [0.25, 0.3) is 0 Å². The lowest BCUT2D eigenvalue weighted by molar-refractivity contribution is 0.846. The fraction of sp³-hybridized carbons (Fsp3) is 0.636. The van der Waals surface area contributed by atoms with Crippen LogP contribution in [0.25, 0.3) is 0 Å². The second-order valence-corrected chi connectivity index (χ2v) is 3.79. The summed E-state index contributed by atoms with van der Waals surface area (Å²) in [5, 5.41) is 0. The molecule has 0 aliphatic heterocycles. The van der Waals surface area contributed by atoms with Gasteiger partial charge < -0.3 is 0 Å². The van der Waals surface area contributed by atoms with Crippen LogP contribution in [-0.4, -0.2) is 12.3 Å². The molecule has 0 aromatic carbocycles. The van der Waals surface area contributed by atoms with E-state index in [-0.39, 0.29) is 0 Å². The molecule has 0 radical (unpaired) electrons. The molecular formula is C11H21NS. The summed E-state index contributed by atoms with van der Waals surface area (Å²) in [6.45, 7) is 8.66. The first-order valence-electron chi connectivity index (χ1n) is 4.74. The van der Waals surface area contributed by atoms with Gasteiger partial charge in [-0.15, -0.1) is 0 Å². The van der Waals surface area contributed by atoms with Gasteiger partial charge in [-0.3, -0.25) is 4.72 Å². The number of hydrogen-bond acceptors (Lipinski definition) is 2. The van der Waals surface area contributed by atoms with Gasteiger partial charge in [-0.2, -0.15) is 0 Å². The van der Waals surface area contributed by atoms with Crippen LogP contribution < -0.4 is 4.72 Å². The summed E-state index contributed by atoms with van der Waals surface area (Å²) in [6.07, 6.45) is 7.49. The number of hydrogen-bond donors (Lipinski definition) is 1. The van der Waals surface area contributed by atoms with Crippen molar-refractivity contribution in [2.45, 2.75) is 40.2 Å². The maximum Gasteiger partial charge on any atom is 0.0561 e. The Hall–Kier alpha value is -0.210. The third kappa shape index (κ3) is 4.53. The van der Waals surface area contributed by atoms with Gasteiger partial charge in [0.15, 0.2) is 0 Å². The van der Waals surface area contributed by atoms with Gasteiger partial charge in [0.05, 0.1) is 6.04 Å². The van der Waals surface area contributed by atoms with Crippen molar-refractivity contribution in [2.75, 3.05) is 6.26 Å². The molecule has 76 valence electrons. The molecule has 0 saturated carbocycles. The van der Waals surface area contributed by atoms with Crippen molar-refractivity contribution in [2.24, 2.45) is 0 Å². The lowest BCUT2D eigenvalue weighted by Crippen LogP contribution is -2.22. The van der Waals surface area contributed by atoms with Gasteiger partial charge in [-0.05, 0) is 33.4 Å². The Bertz CT molecular complexity index is 194. The summed E-state index contributed by atoms with van der Waals surface area (Å²) in [7, 11) is 0. The van der Waals surface area contributed by atoms with E-state index in [2.05, 4.69) is 50.8 Å². The van der Waals surface area contributed by atoms with Gasteiger partial charge >= 0.3 is 0 Å². The van der Waals surface area contributed by atoms with E-state index >= 15 is 0 Å².